The lowest BCUT2D eigenvalue weighted by atomic mass is 10.1. The van der Waals surface area contributed by atoms with Gasteiger partial charge in [-0.25, -0.2) is 8.42 Å². The largest absolute Gasteiger partial charge is 0.492 e. The van der Waals surface area contributed by atoms with Crippen molar-refractivity contribution in [2.24, 2.45) is 0 Å². The van der Waals surface area contributed by atoms with E-state index >= 15 is 0 Å². The minimum absolute atomic E-state index is 0.252. The average Bonchev–Trinajstić information content (AvgIpc) is 2.59. The van der Waals surface area contributed by atoms with Crippen LogP contribution in [0.4, 0.5) is 5.69 Å². The third-order valence-electron chi connectivity index (χ3n) is 4.36. The second-order valence-electron chi connectivity index (χ2n) is 7.13. The van der Waals surface area contributed by atoms with Crippen LogP contribution in [0.3, 0.4) is 0 Å². The highest BCUT2D eigenvalue weighted by atomic mass is 35.5. The zero-order chi connectivity index (χ0) is 21.8. The predicted octanol–water partition coefficient (Wildman–Crippen LogP) is 3.61. The number of aryl methyl sites for hydroxylation is 3. The number of carbonyl (C=O) groups excluding carboxylic acids is 1. The maximum Gasteiger partial charge on any atom is 0.243 e. The van der Waals surface area contributed by atoms with E-state index in [0.717, 1.165) is 33.0 Å². The van der Waals surface area contributed by atoms with Crippen molar-refractivity contribution in [2.75, 3.05) is 23.7 Å². The van der Waals surface area contributed by atoms with Gasteiger partial charge in [0.15, 0.2) is 0 Å². The minimum atomic E-state index is -3.69. The number of hydrogen-bond donors (Lipinski definition) is 1. The molecule has 0 fully saturated rings. The van der Waals surface area contributed by atoms with Gasteiger partial charge in [0.1, 0.15) is 18.4 Å². The van der Waals surface area contributed by atoms with E-state index in [2.05, 4.69) is 5.32 Å². The van der Waals surface area contributed by atoms with Crippen molar-refractivity contribution in [2.45, 2.75) is 33.7 Å². The summed E-state index contributed by atoms with van der Waals surface area (Å²) in [4.78, 5) is 12.6. The number of rotatable bonds is 8. The third-order valence-corrected chi connectivity index (χ3v) is 6.01. The lowest BCUT2D eigenvalue weighted by Gasteiger charge is -2.28. The Bertz CT molecular complexity index is 972. The molecule has 1 N–H and O–H groups in total. The first kappa shape index (κ1) is 23.0. The second kappa shape index (κ2) is 9.50. The van der Waals surface area contributed by atoms with E-state index in [4.69, 9.17) is 16.3 Å². The van der Waals surface area contributed by atoms with Gasteiger partial charge < -0.3 is 10.1 Å². The molecule has 0 heterocycles. The van der Waals surface area contributed by atoms with Crippen LogP contribution in [-0.4, -0.2) is 39.8 Å². The summed E-state index contributed by atoms with van der Waals surface area (Å²) in [5.74, 6) is 0.313. The molecule has 0 unspecified atom stereocenters. The Morgan fingerprint density at radius 3 is 2.31 bits per heavy atom. The van der Waals surface area contributed by atoms with E-state index in [0.29, 0.717) is 10.7 Å². The molecule has 0 spiro atoms. The zero-order valence-electron chi connectivity index (χ0n) is 17.3. The van der Waals surface area contributed by atoms with Crippen molar-refractivity contribution >= 4 is 33.2 Å². The molecule has 1 atom stereocenters. The van der Waals surface area contributed by atoms with Crippen molar-refractivity contribution in [1.29, 1.82) is 0 Å². The van der Waals surface area contributed by atoms with Crippen molar-refractivity contribution < 1.29 is 17.9 Å². The molecule has 0 radical (unpaired) electrons. The first-order valence-corrected chi connectivity index (χ1v) is 11.5. The molecule has 0 saturated carbocycles. The van der Waals surface area contributed by atoms with Crippen LogP contribution in [0, 0.1) is 20.8 Å². The zero-order valence-corrected chi connectivity index (χ0v) is 18.9. The summed E-state index contributed by atoms with van der Waals surface area (Å²) < 4.78 is 31.4. The van der Waals surface area contributed by atoms with Crippen molar-refractivity contribution in [3.63, 3.8) is 0 Å². The van der Waals surface area contributed by atoms with Crippen molar-refractivity contribution in [3.05, 3.63) is 58.1 Å². The van der Waals surface area contributed by atoms with E-state index in [1.807, 2.05) is 39.0 Å². The number of carbonyl (C=O) groups is 1. The molecular weight excluding hydrogens is 412 g/mol. The molecule has 2 aromatic carbocycles. The van der Waals surface area contributed by atoms with E-state index in [1.165, 1.54) is 6.92 Å². The maximum absolute atomic E-state index is 12.6. The molecule has 2 rings (SSSR count). The highest BCUT2D eigenvalue weighted by Gasteiger charge is 2.29. The van der Waals surface area contributed by atoms with Gasteiger partial charge in [-0.1, -0.05) is 23.7 Å². The van der Waals surface area contributed by atoms with Crippen LogP contribution in [0.5, 0.6) is 5.75 Å². The van der Waals surface area contributed by atoms with Gasteiger partial charge in [-0.2, -0.15) is 0 Å². The highest BCUT2D eigenvalue weighted by Crippen LogP contribution is 2.26. The smallest absolute Gasteiger partial charge is 0.243 e. The van der Waals surface area contributed by atoms with Crippen LogP contribution in [-0.2, 0) is 14.8 Å². The molecule has 29 heavy (non-hydrogen) atoms. The molecule has 0 aromatic heterocycles. The molecule has 0 bridgehead atoms. The Hall–Kier alpha value is -2.25. The summed E-state index contributed by atoms with van der Waals surface area (Å²) in [5, 5.41) is 3.16. The van der Waals surface area contributed by atoms with Gasteiger partial charge in [-0.05, 0) is 68.7 Å². The monoisotopic (exact) mass is 438 g/mol. The standard InChI is InChI=1S/C21H27ClN2O4S/c1-14-10-15(2)12-19(11-14)28-9-8-23-21(25)17(4)24(29(5,26)27)18-7-6-16(3)20(22)13-18/h6-7,10-13,17H,8-9H2,1-5H3,(H,23,25)/t17-/m0/s1. The molecule has 8 heteroatoms. The normalized spacial score (nSPS) is 12.3. The topological polar surface area (TPSA) is 75.7 Å². The lowest BCUT2D eigenvalue weighted by molar-refractivity contribution is -0.121. The summed E-state index contributed by atoms with van der Waals surface area (Å²) >= 11 is 6.14. The van der Waals surface area contributed by atoms with Crippen LogP contribution in [0.1, 0.15) is 23.6 Å². The first-order valence-electron chi connectivity index (χ1n) is 9.23. The van der Waals surface area contributed by atoms with Gasteiger partial charge in [-0.3, -0.25) is 9.10 Å². The van der Waals surface area contributed by atoms with Gasteiger partial charge in [0, 0.05) is 5.02 Å². The van der Waals surface area contributed by atoms with Crippen molar-refractivity contribution in [1.82, 2.24) is 5.32 Å². The minimum Gasteiger partial charge on any atom is -0.492 e. The van der Waals surface area contributed by atoms with Gasteiger partial charge >= 0.3 is 0 Å². The summed E-state index contributed by atoms with van der Waals surface area (Å²) in [6.45, 7) is 7.86. The Morgan fingerprint density at radius 2 is 1.76 bits per heavy atom. The first-order chi connectivity index (χ1) is 13.5. The number of nitrogens with zero attached hydrogens (tertiary/aromatic N) is 1. The summed E-state index contributed by atoms with van der Waals surface area (Å²) in [6.07, 6.45) is 1.06. The van der Waals surface area contributed by atoms with Crippen LogP contribution >= 0.6 is 11.6 Å². The fourth-order valence-electron chi connectivity index (χ4n) is 3.03. The van der Waals surface area contributed by atoms with Crippen LogP contribution in [0.2, 0.25) is 5.02 Å². The van der Waals surface area contributed by atoms with Crippen LogP contribution in [0.15, 0.2) is 36.4 Å². The average molecular weight is 439 g/mol. The number of anilines is 1. The number of ether oxygens (including phenoxy) is 1. The Balaban J connectivity index is 2.02. The number of halogens is 1. The predicted molar refractivity (Wildman–Crippen MR) is 117 cm³/mol. The Kier molecular flexibility index (Phi) is 7.54. The summed E-state index contributed by atoms with van der Waals surface area (Å²) in [5.41, 5.74) is 3.36. The van der Waals surface area contributed by atoms with E-state index in [-0.39, 0.29) is 13.2 Å². The molecule has 0 aliphatic carbocycles. The quantitative estimate of drug-likeness (QED) is 0.639. The number of amides is 1. The Labute approximate surface area is 177 Å². The molecule has 0 aliphatic rings. The van der Waals surface area contributed by atoms with Gasteiger partial charge in [-0.15, -0.1) is 0 Å². The lowest BCUT2D eigenvalue weighted by Crippen LogP contribution is -2.48. The van der Waals surface area contributed by atoms with Crippen LogP contribution < -0.4 is 14.4 Å². The summed E-state index contributed by atoms with van der Waals surface area (Å²) in [6, 6.07) is 9.85. The molecule has 0 saturated heterocycles. The number of nitrogens with one attached hydrogen (secondary N) is 1. The molecule has 6 nitrogen and oxygen atoms in total. The third kappa shape index (κ3) is 6.37. The SMILES string of the molecule is Cc1cc(C)cc(OCCNC(=O)[C@H](C)N(c2ccc(C)c(Cl)c2)S(C)(=O)=O)c1. The number of benzene rings is 2. The fraction of sp³-hybridized carbons (Fsp3) is 0.381. The molecule has 158 valence electrons. The summed E-state index contributed by atoms with van der Waals surface area (Å²) in [7, 11) is -3.69. The molecule has 0 aliphatic heterocycles. The van der Waals surface area contributed by atoms with Crippen molar-refractivity contribution in [3.8, 4) is 5.75 Å². The van der Waals surface area contributed by atoms with E-state index in [1.54, 1.807) is 18.2 Å². The Morgan fingerprint density at radius 1 is 1.14 bits per heavy atom. The van der Waals surface area contributed by atoms with Gasteiger partial charge in [0.2, 0.25) is 15.9 Å². The molecule has 2 aromatic rings. The van der Waals surface area contributed by atoms with E-state index in [9.17, 15) is 13.2 Å². The van der Waals surface area contributed by atoms with Gasteiger partial charge in [0.25, 0.3) is 0 Å². The highest BCUT2D eigenvalue weighted by molar-refractivity contribution is 7.92. The molecular formula is C21H27ClN2O4S. The molecule has 1 amide bonds. The number of sulfonamides is 1. The maximum atomic E-state index is 12.6. The number of hydrogen-bond acceptors (Lipinski definition) is 4. The van der Waals surface area contributed by atoms with Gasteiger partial charge in [0.05, 0.1) is 18.5 Å². The second-order valence-corrected chi connectivity index (χ2v) is 9.40. The fourth-order valence-corrected chi connectivity index (χ4v) is 4.38. The van der Waals surface area contributed by atoms with E-state index < -0.39 is 22.0 Å². The van der Waals surface area contributed by atoms with Crippen LogP contribution in [0.25, 0.3) is 0 Å².